The first-order valence-electron chi connectivity index (χ1n) is 5.84. The molecule has 15 heavy (non-hydrogen) atoms. The minimum absolute atomic E-state index is 0.00984. The van der Waals surface area contributed by atoms with Crippen molar-refractivity contribution in [3.05, 3.63) is 0 Å². The van der Waals surface area contributed by atoms with E-state index < -0.39 is 0 Å². The summed E-state index contributed by atoms with van der Waals surface area (Å²) in [6.45, 7) is 6.30. The molecule has 0 aliphatic heterocycles. The van der Waals surface area contributed by atoms with Gasteiger partial charge in [-0.15, -0.1) is 0 Å². The van der Waals surface area contributed by atoms with Crippen LogP contribution in [0, 0.1) is 5.92 Å². The molecule has 0 saturated heterocycles. The van der Waals surface area contributed by atoms with Crippen molar-refractivity contribution in [3.63, 3.8) is 0 Å². The zero-order valence-corrected chi connectivity index (χ0v) is 10.3. The lowest BCUT2D eigenvalue weighted by Gasteiger charge is -2.19. The molecule has 4 nitrogen and oxygen atoms in total. The Morgan fingerprint density at radius 3 is 2.53 bits per heavy atom. The molecule has 3 N–H and O–H groups in total. The first-order valence-corrected chi connectivity index (χ1v) is 5.84. The van der Waals surface area contributed by atoms with Crippen LogP contribution in [0.25, 0.3) is 0 Å². The van der Waals surface area contributed by atoms with E-state index in [4.69, 9.17) is 5.73 Å². The van der Waals surface area contributed by atoms with Crippen molar-refractivity contribution in [2.24, 2.45) is 11.7 Å². The molecule has 0 saturated carbocycles. The molecule has 4 heteroatoms. The molecule has 0 aliphatic rings. The third-order valence-electron chi connectivity index (χ3n) is 2.63. The number of urea groups is 1. The fourth-order valence-corrected chi connectivity index (χ4v) is 1.50. The lowest BCUT2D eigenvalue weighted by Crippen LogP contribution is -2.39. The lowest BCUT2D eigenvalue weighted by molar-refractivity contribution is 0.208. The number of amides is 2. The van der Waals surface area contributed by atoms with Crippen LogP contribution in [0.3, 0.4) is 0 Å². The van der Waals surface area contributed by atoms with Gasteiger partial charge < -0.3 is 16.0 Å². The Balaban J connectivity index is 3.82. The van der Waals surface area contributed by atoms with Gasteiger partial charge in [0.05, 0.1) is 0 Å². The Bertz CT molecular complexity index is 167. The van der Waals surface area contributed by atoms with Gasteiger partial charge in [0.2, 0.25) is 0 Å². The zero-order chi connectivity index (χ0) is 11.7. The van der Waals surface area contributed by atoms with Crippen molar-refractivity contribution >= 4 is 6.03 Å². The van der Waals surface area contributed by atoms with E-state index in [1.54, 1.807) is 11.9 Å². The zero-order valence-electron chi connectivity index (χ0n) is 10.3. The van der Waals surface area contributed by atoms with Crippen LogP contribution >= 0.6 is 0 Å². The van der Waals surface area contributed by atoms with Crippen LogP contribution in [0.5, 0.6) is 0 Å². The summed E-state index contributed by atoms with van der Waals surface area (Å²) in [5.74, 6) is 0.522. The van der Waals surface area contributed by atoms with Gasteiger partial charge in [-0.25, -0.2) is 4.79 Å². The molecule has 0 aliphatic carbocycles. The molecular formula is C11H25N3O. The summed E-state index contributed by atoms with van der Waals surface area (Å²) in [7, 11) is 1.80. The number of carbonyl (C=O) groups is 1. The van der Waals surface area contributed by atoms with E-state index in [0.29, 0.717) is 12.5 Å². The molecule has 90 valence electrons. The average Bonchev–Trinajstić information content (AvgIpc) is 2.25. The Kier molecular flexibility index (Phi) is 8.09. The van der Waals surface area contributed by atoms with Crippen molar-refractivity contribution in [2.75, 3.05) is 26.7 Å². The fraction of sp³-hybridized carbons (Fsp3) is 0.909. The van der Waals surface area contributed by atoms with Crippen LogP contribution in [-0.2, 0) is 0 Å². The summed E-state index contributed by atoms with van der Waals surface area (Å²) >= 11 is 0. The van der Waals surface area contributed by atoms with Crippen molar-refractivity contribution < 1.29 is 4.79 Å². The van der Waals surface area contributed by atoms with Crippen LogP contribution < -0.4 is 11.1 Å². The molecule has 0 aromatic rings. The highest BCUT2D eigenvalue weighted by atomic mass is 16.2. The SMILES string of the molecule is CCCC(CCN)CNC(=O)N(C)CC. The number of carbonyl (C=O) groups excluding carboxylic acids is 1. The number of hydrogen-bond donors (Lipinski definition) is 2. The van der Waals surface area contributed by atoms with Crippen LogP contribution in [0.1, 0.15) is 33.1 Å². The standard InChI is InChI=1S/C11H25N3O/c1-4-6-10(7-8-12)9-13-11(15)14(3)5-2/h10H,4-9,12H2,1-3H3,(H,13,15). The summed E-state index contributed by atoms with van der Waals surface area (Å²) < 4.78 is 0. The molecule has 0 fully saturated rings. The van der Waals surface area contributed by atoms with E-state index in [2.05, 4.69) is 12.2 Å². The summed E-state index contributed by atoms with van der Waals surface area (Å²) in [5, 5.41) is 2.93. The van der Waals surface area contributed by atoms with E-state index >= 15 is 0 Å². The minimum Gasteiger partial charge on any atom is -0.338 e. The topological polar surface area (TPSA) is 58.4 Å². The first-order chi connectivity index (χ1) is 7.15. The first kappa shape index (κ1) is 14.2. The Labute approximate surface area is 93.2 Å². The molecule has 0 heterocycles. The van der Waals surface area contributed by atoms with Crippen LogP contribution in [0.4, 0.5) is 4.79 Å². The number of nitrogens with two attached hydrogens (primary N) is 1. The highest BCUT2D eigenvalue weighted by molar-refractivity contribution is 5.73. The fourth-order valence-electron chi connectivity index (χ4n) is 1.50. The Morgan fingerprint density at radius 1 is 1.40 bits per heavy atom. The monoisotopic (exact) mass is 215 g/mol. The van der Waals surface area contributed by atoms with Gasteiger partial charge in [-0.05, 0) is 32.2 Å². The second kappa shape index (κ2) is 8.53. The quantitative estimate of drug-likeness (QED) is 0.674. The maximum Gasteiger partial charge on any atom is 0.317 e. The molecule has 0 aromatic carbocycles. The van der Waals surface area contributed by atoms with Gasteiger partial charge in [-0.2, -0.15) is 0 Å². The van der Waals surface area contributed by atoms with Gasteiger partial charge in [0.15, 0.2) is 0 Å². The third-order valence-corrected chi connectivity index (χ3v) is 2.63. The smallest absolute Gasteiger partial charge is 0.317 e. The Morgan fingerprint density at radius 2 is 2.07 bits per heavy atom. The molecule has 2 amide bonds. The normalized spacial score (nSPS) is 12.3. The van der Waals surface area contributed by atoms with Gasteiger partial charge in [0.25, 0.3) is 0 Å². The van der Waals surface area contributed by atoms with Crippen LogP contribution in [-0.4, -0.2) is 37.6 Å². The minimum atomic E-state index is 0.00984. The molecule has 0 bridgehead atoms. The van der Waals surface area contributed by atoms with E-state index in [9.17, 15) is 4.79 Å². The molecule has 0 rings (SSSR count). The summed E-state index contributed by atoms with van der Waals surface area (Å²) in [5.41, 5.74) is 5.53. The van der Waals surface area contributed by atoms with Crippen LogP contribution in [0.2, 0.25) is 0 Å². The predicted octanol–water partition coefficient (Wildman–Crippen LogP) is 1.41. The van der Waals surface area contributed by atoms with Gasteiger partial charge >= 0.3 is 6.03 Å². The van der Waals surface area contributed by atoms with Crippen molar-refractivity contribution in [2.45, 2.75) is 33.1 Å². The highest BCUT2D eigenvalue weighted by Gasteiger charge is 2.10. The molecule has 0 radical (unpaired) electrons. The average molecular weight is 215 g/mol. The summed E-state index contributed by atoms with van der Waals surface area (Å²) in [4.78, 5) is 13.1. The van der Waals surface area contributed by atoms with E-state index in [1.807, 2.05) is 6.92 Å². The molecular weight excluding hydrogens is 190 g/mol. The second-order valence-corrected chi connectivity index (χ2v) is 3.93. The maximum absolute atomic E-state index is 11.5. The van der Waals surface area contributed by atoms with Gasteiger partial charge in [-0.3, -0.25) is 0 Å². The lowest BCUT2D eigenvalue weighted by atomic mass is 10.00. The molecule has 1 unspecified atom stereocenters. The van der Waals surface area contributed by atoms with Crippen molar-refractivity contribution in [3.8, 4) is 0 Å². The predicted molar refractivity (Wildman–Crippen MR) is 63.8 cm³/mol. The second-order valence-electron chi connectivity index (χ2n) is 3.93. The summed E-state index contributed by atoms with van der Waals surface area (Å²) in [6.07, 6.45) is 3.27. The summed E-state index contributed by atoms with van der Waals surface area (Å²) in [6, 6.07) is 0.00984. The molecule has 0 aromatic heterocycles. The third kappa shape index (κ3) is 6.33. The maximum atomic E-state index is 11.5. The molecule has 1 atom stereocenters. The largest absolute Gasteiger partial charge is 0.338 e. The molecule has 0 spiro atoms. The number of rotatable bonds is 7. The van der Waals surface area contributed by atoms with E-state index in [-0.39, 0.29) is 6.03 Å². The number of nitrogens with zero attached hydrogens (tertiary/aromatic N) is 1. The Hall–Kier alpha value is -0.770. The van der Waals surface area contributed by atoms with Crippen molar-refractivity contribution in [1.82, 2.24) is 10.2 Å². The van der Waals surface area contributed by atoms with Crippen molar-refractivity contribution in [1.29, 1.82) is 0 Å². The van der Waals surface area contributed by atoms with Crippen LogP contribution in [0.15, 0.2) is 0 Å². The van der Waals surface area contributed by atoms with E-state index in [1.165, 1.54) is 0 Å². The van der Waals surface area contributed by atoms with Gasteiger partial charge in [0.1, 0.15) is 0 Å². The highest BCUT2D eigenvalue weighted by Crippen LogP contribution is 2.08. The van der Waals surface area contributed by atoms with Gasteiger partial charge in [0, 0.05) is 20.1 Å². The van der Waals surface area contributed by atoms with Gasteiger partial charge in [-0.1, -0.05) is 13.3 Å². The number of hydrogen-bond acceptors (Lipinski definition) is 2. The van der Waals surface area contributed by atoms with E-state index in [0.717, 1.165) is 32.4 Å². The number of nitrogens with one attached hydrogen (secondary N) is 1.